The van der Waals surface area contributed by atoms with Crippen LogP contribution in [0.3, 0.4) is 0 Å². The summed E-state index contributed by atoms with van der Waals surface area (Å²) in [7, 11) is -1.05. The summed E-state index contributed by atoms with van der Waals surface area (Å²) in [5, 5.41) is 1.01. The minimum absolute atomic E-state index is 0.0300. The molecule has 0 saturated heterocycles. The Kier molecular flexibility index (Phi) is 11.1. The maximum Gasteiger partial charge on any atom is 0.125 e. The van der Waals surface area contributed by atoms with Gasteiger partial charge in [-0.1, -0.05) is 83.6 Å². The largest absolute Gasteiger partial charge is 0.486 e. The Morgan fingerprint density at radius 2 is 1.67 bits per heavy atom. The molecule has 0 N–H and O–H groups in total. The predicted octanol–water partition coefficient (Wildman–Crippen LogP) is 6.90. The van der Waals surface area contributed by atoms with Gasteiger partial charge in [-0.2, -0.15) is 0 Å². The Labute approximate surface area is 192 Å². The number of alkyl halides is 1. The maximum atomic E-state index is 6.41. The summed E-state index contributed by atoms with van der Waals surface area (Å²) in [4.78, 5) is 2.42. The van der Waals surface area contributed by atoms with E-state index in [1.807, 2.05) is 0 Å². The van der Waals surface area contributed by atoms with Crippen LogP contribution in [0, 0.1) is 6.92 Å². The molecular formula is C25H38BrNO2Si. The first-order chi connectivity index (χ1) is 14.4. The second-order valence-corrected chi connectivity index (χ2v) is 15.5. The lowest BCUT2D eigenvalue weighted by molar-refractivity contribution is 0.0280. The fourth-order valence-electron chi connectivity index (χ4n) is 3.14. The standard InChI is InChI=1S/C25H38BrNO2Si/c1-22-11-13-24(14-12-22)29-25(23-9-6-5-7-10-23)15-18-27(17-8-16-26)21-28-19-20-30(2,3)4/h5-7,9-14,25H,8,15-21H2,1-4H3. The summed E-state index contributed by atoms with van der Waals surface area (Å²) in [5.41, 5.74) is 2.47. The first-order valence-electron chi connectivity index (χ1n) is 11.0. The lowest BCUT2D eigenvalue weighted by atomic mass is 10.1. The molecular weight excluding hydrogens is 454 g/mol. The van der Waals surface area contributed by atoms with Crippen LogP contribution < -0.4 is 4.74 Å². The molecule has 0 aliphatic heterocycles. The molecule has 0 radical (unpaired) electrons. The Morgan fingerprint density at radius 1 is 0.967 bits per heavy atom. The van der Waals surface area contributed by atoms with Gasteiger partial charge in [0.15, 0.2) is 0 Å². The molecule has 1 unspecified atom stereocenters. The number of rotatable bonds is 14. The number of benzene rings is 2. The number of halogens is 1. The van der Waals surface area contributed by atoms with Crippen LogP contribution in [0.25, 0.3) is 0 Å². The zero-order valence-corrected chi connectivity index (χ0v) is 21.7. The summed E-state index contributed by atoms with van der Waals surface area (Å²) in [5.74, 6) is 0.924. The third-order valence-electron chi connectivity index (χ3n) is 5.06. The average Bonchev–Trinajstić information content (AvgIpc) is 2.72. The molecule has 0 heterocycles. The highest BCUT2D eigenvalue weighted by Gasteiger charge is 2.17. The molecule has 0 bridgehead atoms. The van der Waals surface area contributed by atoms with Crippen molar-refractivity contribution in [2.45, 2.75) is 51.6 Å². The van der Waals surface area contributed by atoms with Crippen molar-refractivity contribution in [1.29, 1.82) is 0 Å². The van der Waals surface area contributed by atoms with E-state index < -0.39 is 8.07 Å². The molecule has 0 fully saturated rings. The molecule has 5 heteroatoms. The summed E-state index contributed by atoms with van der Waals surface area (Å²) in [6.45, 7) is 12.8. The van der Waals surface area contributed by atoms with E-state index in [-0.39, 0.29) is 6.10 Å². The number of hydrogen-bond donors (Lipinski definition) is 0. The van der Waals surface area contributed by atoms with Gasteiger partial charge in [-0.05, 0) is 37.1 Å². The summed E-state index contributed by atoms with van der Waals surface area (Å²) < 4.78 is 12.5. The predicted molar refractivity (Wildman–Crippen MR) is 135 cm³/mol. The van der Waals surface area contributed by atoms with Crippen molar-refractivity contribution in [2.24, 2.45) is 0 Å². The smallest absolute Gasteiger partial charge is 0.125 e. The van der Waals surface area contributed by atoms with Gasteiger partial charge in [0, 0.05) is 39.5 Å². The van der Waals surface area contributed by atoms with Gasteiger partial charge in [-0.3, -0.25) is 4.90 Å². The molecule has 2 aromatic rings. The van der Waals surface area contributed by atoms with Gasteiger partial charge in [0.25, 0.3) is 0 Å². The quantitative estimate of drug-likeness (QED) is 0.124. The summed E-state index contributed by atoms with van der Waals surface area (Å²) in [6.07, 6.45) is 2.08. The second-order valence-electron chi connectivity index (χ2n) is 9.13. The van der Waals surface area contributed by atoms with Crippen molar-refractivity contribution in [2.75, 3.05) is 31.8 Å². The van der Waals surface area contributed by atoms with E-state index in [0.29, 0.717) is 6.73 Å². The highest BCUT2D eigenvalue weighted by molar-refractivity contribution is 9.09. The Bertz CT molecular complexity index is 703. The Morgan fingerprint density at radius 3 is 2.30 bits per heavy atom. The van der Waals surface area contributed by atoms with Gasteiger partial charge in [0.2, 0.25) is 0 Å². The van der Waals surface area contributed by atoms with Gasteiger partial charge >= 0.3 is 0 Å². The minimum Gasteiger partial charge on any atom is -0.486 e. The number of nitrogens with zero attached hydrogens (tertiary/aromatic N) is 1. The SMILES string of the molecule is Cc1ccc(OC(CCN(CCCBr)COCC[Si](C)(C)C)c2ccccc2)cc1. The zero-order valence-electron chi connectivity index (χ0n) is 19.1. The molecule has 0 aliphatic carbocycles. The van der Waals surface area contributed by atoms with E-state index in [9.17, 15) is 0 Å². The second kappa shape index (κ2) is 13.3. The summed E-state index contributed by atoms with van der Waals surface area (Å²) in [6, 6.07) is 20.1. The number of ether oxygens (including phenoxy) is 2. The molecule has 2 rings (SSSR count). The van der Waals surface area contributed by atoms with Crippen LogP contribution in [0.1, 0.15) is 30.1 Å². The molecule has 1 atom stereocenters. The molecule has 30 heavy (non-hydrogen) atoms. The normalized spacial score (nSPS) is 12.9. The van der Waals surface area contributed by atoms with Crippen LogP contribution >= 0.6 is 15.9 Å². The van der Waals surface area contributed by atoms with Crippen LogP contribution in [-0.2, 0) is 4.74 Å². The Hall–Kier alpha value is -1.14. The minimum atomic E-state index is -1.05. The fraction of sp³-hybridized carbons (Fsp3) is 0.520. The highest BCUT2D eigenvalue weighted by atomic mass is 79.9. The monoisotopic (exact) mass is 491 g/mol. The first kappa shape index (κ1) is 25.1. The van der Waals surface area contributed by atoms with Gasteiger partial charge in [0.1, 0.15) is 11.9 Å². The van der Waals surface area contributed by atoms with E-state index in [4.69, 9.17) is 9.47 Å². The van der Waals surface area contributed by atoms with E-state index in [0.717, 1.165) is 43.6 Å². The van der Waals surface area contributed by atoms with Gasteiger partial charge < -0.3 is 9.47 Å². The molecule has 0 aliphatic rings. The summed E-state index contributed by atoms with van der Waals surface area (Å²) >= 11 is 3.57. The maximum absolute atomic E-state index is 6.41. The van der Waals surface area contributed by atoms with E-state index in [1.54, 1.807) is 0 Å². The molecule has 3 nitrogen and oxygen atoms in total. The van der Waals surface area contributed by atoms with E-state index in [2.05, 4.69) is 102 Å². The first-order valence-corrected chi connectivity index (χ1v) is 15.8. The van der Waals surface area contributed by atoms with Crippen molar-refractivity contribution in [1.82, 2.24) is 4.90 Å². The Balaban J connectivity index is 1.97. The van der Waals surface area contributed by atoms with E-state index in [1.165, 1.54) is 17.2 Å². The topological polar surface area (TPSA) is 21.7 Å². The fourth-order valence-corrected chi connectivity index (χ4v) is 4.15. The van der Waals surface area contributed by atoms with Crippen LogP contribution in [0.5, 0.6) is 5.75 Å². The van der Waals surface area contributed by atoms with Gasteiger partial charge in [-0.15, -0.1) is 0 Å². The third kappa shape index (κ3) is 10.2. The lowest BCUT2D eigenvalue weighted by Gasteiger charge is -2.26. The van der Waals surface area contributed by atoms with Crippen LogP contribution in [0.2, 0.25) is 25.7 Å². The zero-order chi connectivity index (χ0) is 21.8. The highest BCUT2D eigenvalue weighted by Crippen LogP contribution is 2.25. The molecule has 166 valence electrons. The lowest BCUT2D eigenvalue weighted by Crippen LogP contribution is -2.31. The van der Waals surface area contributed by atoms with Crippen molar-refractivity contribution in [3.8, 4) is 5.75 Å². The van der Waals surface area contributed by atoms with Crippen LogP contribution in [0.15, 0.2) is 54.6 Å². The van der Waals surface area contributed by atoms with Crippen molar-refractivity contribution >= 4 is 24.0 Å². The number of aryl methyl sites for hydroxylation is 1. The molecule has 0 spiro atoms. The van der Waals surface area contributed by atoms with Crippen molar-refractivity contribution < 1.29 is 9.47 Å². The molecule has 0 saturated carbocycles. The number of hydrogen-bond acceptors (Lipinski definition) is 3. The van der Waals surface area contributed by atoms with E-state index >= 15 is 0 Å². The van der Waals surface area contributed by atoms with Crippen molar-refractivity contribution in [3.63, 3.8) is 0 Å². The molecule has 0 aromatic heterocycles. The van der Waals surface area contributed by atoms with Crippen LogP contribution in [0.4, 0.5) is 0 Å². The van der Waals surface area contributed by atoms with Crippen molar-refractivity contribution in [3.05, 3.63) is 65.7 Å². The average molecular weight is 493 g/mol. The molecule has 0 amide bonds. The third-order valence-corrected chi connectivity index (χ3v) is 7.32. The van der Waals surface area contributed by atoms with Gasteiger partial charge in [-0.25, -0.2) is 0 Å². The van der Waals surface area contributed by atoms with Gasteiger partial charge in [0.05, 0.1) is 6.73 Å². The molecule has 2 aromatic carbocycles. The van der Waals surface area contributed by atoms with Crippen LogP contribution in [-0.4, -0.2) is 44.7 Å².